The Bertz CT molecular complexity index is 581. The van der Waals surface area contributed by atoms with Gasteiger partial charge in [-0.25, -0.2) is 8.37 Å². The van der Waals surface area contributed by atoms with Crippen molar-refractivity contribution in [2.24, 2.45) is 0 Å². The molecule has 8 nitrogen and oxygen atoms in total. The minimum absolute atomic E-state index is 0. The smallest absolute Gasteiger partial charge is 1.00 e. The Hall–Kier alpha value is 1.51. The van der Waals surface area contributed by atoms with Gasteiger partial charge in [0, 0.05) is 0 Å². The number of hydrogen-bond acceptors (Lipinski definition) is 6. The predicted octanol–water partition coefficient (Wildman–Crippen LogP) is 4.41. The van der Waals surface area contributed by atoms with Gasteiger partial charge in [0.1, 0.15) is 0 Å². The van der Waals surface area contributed by atoms with Gasteiger partial charge >= 0.3 is 73.4 Å². The Labute approximate surface area is 265 Å². The minimum Gasteiger partial charge on any atom is -1.00 e. The fourth-order valence-corrected chi connectivity index (χ4v) is 4.16. The Kier molecular flexibility index (Phi) is 40.5. The van der Waals surface area contributed by atoms with E-state index in [-0.39, 0.29) is 70.1 Å². The van der Waals surface area contributed by atoms with Gasteiger partial charge in [0.15, 0.2) is 0 Å². The molecule has 12 heteroatoms. The molecule has 0 fully saturated rings. The predicted molar refractivity (Wildman–Crippen MR) is 148 cm³/mol. The first-order valence-corrected chi connectivity index (χ1v) is 16.1. The molecular weight excluding hydrogens is 528 g/mol. The molecule has 0 aliphatic rings. The summed E-state index contributed by atoms with van der Waals surface area (Å²) in [6.45, 7) is 4.62. The van der Waals surface area contributed by atoms with E-state index in [0.29, 0.717) is 12.8 Å². The molecule has 0 bridgehead atoms. The Morgan fingerprint density at radius 2 is 0.667 bits per heavy atom. The van der Waals surface area contributed by atoms with Crippen LogP contribution in [0.3, 0.4) is 0 Å². The maximum absolute atomic E-state index is 10.2. The molecule has 0 saturated carbocycles. The minimum atomic E-state index is -4.23. The molecule has 0 aliphatic heterocycles. The van der Waals surface area contributed by atoms with Crippen molar-refractivity contribution >= 4 is 43.9 Å². The standard InChI is InChI=1S/2C12H26O4S.Mg.Na.3H/c2*1-2-3-4-5-6-7-8-9-10-11-12-16-17(13,14)15;;;;;/h2*2-12H2,1H3,(H,13,14,15);;;;;/q;;+2;+1;3*-1. The fraction of sp³-hybridized carbons (Fsp3) is 1.00. The Balaban J connectivity index is -0.0000000931. The Morgan fingerprint density at radius 1 is 0.472 bits per heavy atom. The van der Waals surface area contributed by atoms with Crippen LogP contribution in [-0.4, -0.2) is 62.2 Å². The topological polar surface area (TPSA) is 127 Å². The first kappa shape index (κ1) is 44.5. The number of hydrogen-bond donors (Lipinski definition) is 2. The summed E-state index contributed by atoms with van der Waals surface area (Å²) in [5.74, 6) is 0. The van der Waals surface area contributed by atoms with Crippen LogP contribution in [0.4, 0.5) is 0 Å². The summed E-state index contributed by atoms with van der Waals surface area (Å²) in [5, 5.41) is 0. The van der Waals surface area contributed by atoms with Crippen molar-refractivity contribution in [3.05, 3.63) is 0 Å². The van der Waals surface area contributed by atoms with Gasteiger partial charge in [-0.1, -0.05) is 129 Å². The monoisotopic (exact) mass is 582 g/mol. The molecule has 0 spiro atoms. The van der Waals surface area contributed by atoms with E-state index < -0.39 is 20.8 Å². The maximum atomic E-state index is 10.2. The normalized spacial score (nSPS) is 11.2. The molecule has 0 rings (SSSR count). The number of rotatable bonds is 24. The molecule has 2 N–H and O–H groups in total. The molecule has 0 radical (unpaired) electrons. The third kappa shape index (κ3) is 48.6. The summed E-state index contributed by atoms with van der Waals surface area (Å²) in [6.07, 6.45) is 23.7. The average Bonchev–Trinajstić information content (AvgIpc) is 2.75. The third-order valence-electron chi connectivity index (χ3n) is 5.46. The maximum Gasteiger partial charge on any atom is 2.00 e. The molecule has 0 atom stereocenters. The summed E-state index contributed by atoms with van der Waals surface area (Å²) in [4.78, 5) is 0. The van der Waals surface area contributed by atoms with Crippen molar-refractivity contribution in [1.82, 2.24) is 0 Å². The molecule has 36 heavy (non-hydrogen) atoms. The van der Waals surface area contributed by atoms with E-state index >= 15 is 0 Å². The van der Waals surface area contributed by atoms with Gasteiger partial charge in [0.2, 0.25) is 0 Å². The van der Waals surface area contributed by atoms with E-state index in [2.05, 4.69) is 22.2 Å². The molecular formula is C24H55MgNaO8S2. The first-order chi connectivity index (χ1) is 16.1. The van der Waals surface area contributed by atoms with Crippen LogP contribution in [0.1, 0.15) is 147 Å². The fourth-order valence-electron chi connectivity index (χ4n) is 3.51. The van der Waals surface area contributed by atoms with Crippen LogP contribution in [0.25, 0.3) is 0 Å². The zero-order valence-electron chi connectivity index (χ0n) is 26.4. The summed E-state index contributed by atoms with van der Waals surface area (Å²) < 4.78 is 66.0. The van der Waals surface area contributed by atoms with Crippen LogP contribution in [-0.2, 0) is 29.2 Å². The van der Waals surface area contributed by atoms with Gasteiger partial charge in [-0.05, 0) is 12.8 Å². The molecule has 214 valence electrons. The molecule has 0 unspecified atom stereocenters. The molecule has 0 heterocycles. The van der Waals surface area contributed by atoms with Gasteiger partial charge in [-0.3, -0.25) is 9.11 Å². The molecule has 0 aromatic heterocycles. The molecule has 0 aromatic carbocycles. The largest absolute Gasteiger partial charge is 2.00 e. The van der Waals surface area contributed by atoms with Gasteiger partial charge in [-0.2, -0.15) is 16.8 Å². The van der Waals surface area contributed by atoms with Crippen LogP contribution in [0.15, 0.2) is 0 Å². The van der Waals surface area contributed by atoms with Gasteiger partial charge in [-0.15, -0.1) is 0 Å². The van der Waals surface area contributed by atoms with Crippen molar-refractivity contribution in [3.63, 3.8) is 0 Å². The molecule has 0 amide bonds. The van der Waals surface area contributed by atoms with Crippen molar-refractivity contribution in [1.29, 1.82) is 0 Å². The van der Waals surface area contributed by atoms with E-state index in [4.69, 9.17) is 9.11 Å². The van der Waals surface area contributed by atoms with Crippen molar-refractivity contribution in [2.75, 3.05) is 13.2 Å². The molecule has 0 aromatic rings. The van der Waals surface area contributed by atoms with Crippen LogP contribution >= 0.6 is 0 Å². The second kappa shape index (κ2) is 32.7. The average molecular weight is 583 g/mol. The molecule has 0 aliphatic carbocycles. The van der Waals surface area contributed by atoms with Crippen LogP contribution in [0.5, 0.6) is 0 Å². The SMILES string of the molecule is CCCCCCCCCCCCOS(=O)(=O)O.CCCCCCCCCCCCOS(=O)(=O)O.[H-].[H-].[H-].[Mg+2].[Na+]. The molecule has 0 saturated heterocycles. The summed E-state index contributed by atoms with van der Waals surface area (Å²) in [6, 6.07) is 0. The summed E-state index contributed by atoms with van der Waals surface area (Å²) in [5.41, 5.74) is 0. The quantitative estimate of drug-likeness (QED) is 0.0973. The van der Waals surface area contributed by atoms with Gasteiger partial charge in [0.05, 0.1) is 13.2 Å². The van der Waals surface area contributed by atoms with E-state index in [1.807, 2.05) is 0 Å². The second-order valence-electron chi connectivity index (χ2n) is 8.86. The summed E-state index contributed by atoms with van der Waals surface area (Å²) >= 11 is 0. The zero-order valence-corrected chi connectivity index (χ0v) is 28.5. The van der Waals surface area contributed by atoms with Gasteiger partial charge in [0.25, 0.3) is 0 Å². The summed E-state index contributed by atoms with van der Waals surface area (Å²) in [7, 11) is -8.47. The Morgan fingerprint density at radius 3 is 0.861 bits per heavy atom. The first-order valence-electron chi connectivity index (χ1n) is 13.4. The van der Waals surface area contributed by atoms with E-state index in [0.717, 1.165) is 25.7 Å². The van der Waals surface area contributed by atoms with Crippen LogP contribution < -0.4 is 29.6 Å². The van der Waals surface area contributed by atoms with Crippen molar-refractivity contribution < 1.29 is 68.1 Å². The van der Waals surface area contributed by atoms with E-state index in [1.165, 1.54) is 89.9 Å². The van der Waals surface area contributed by atoms with Crippen LogP contribution in [0.2, 0.25) is 0 Å². The van der Waals surface area contributed by atoms with Crippen LogP contribution in [0, 0.1) is 0 Å². The zero-order chi connectivity index (χ0) is 26.0. The van der Waals surface area contributed by atoms with Crippen molar-refractivity contribution in [2.45, 2.75) is 142 Å². The van der Waals surface area contributed by atoms with E-state index in [9.17, 15) is 16.8 Å². The van der Waals surface area contributed by atoms with E-state index in [1.54, 1.807) is 0 Å². The van der Waals surface area contributed by atoms with Gasteiger partial charge < -0.3 is 4.28 Å². The third-order valence-corrected chi connectivity index (χ3v) is 6.39. The second-order valence-corrected chi connectivity index (χ2v) is 11.0. The number of unbranched alkanes of at least 4 members (excludes halogenated alkanes) is 18. The van der Waals surface area contributed by atoms with Crippen molar-refractivity contribution in [3.8, 4) is 0 Å².